The van der Waals surface area contributed by atoms with Crippen LogP contribution in [0.15, 0.2) is 23.1 Å². The summed E-state index contributed by atoms with van der Waals surface area (Å²) in [5.74, 6) is 0.137. The number of rotatable bonds is 9. The largest absolute Gasteiger partial charge is 0.480 e. The molecule has 0 atom stereocenters. The lowest BCUT2D eigenvalue weighted by Gasteiger charge is -2.42. The van der Waals surface area contributed by atoms with Crippen molar-refractivity contribution in [3.8, 4) is 0 Å². The van der Waals surface area contributed by atoms with Crippen LogP contribution in [-0.2, 0) is 4.79 Å². The number of nitrogens with zero attached hydrogens (tertiary/aromatic N) is 1. The Balaban J connectivity index is 1.49. The molecule has 0 saturated heterocycles. The van der Waals surface area contributed by atoms with Crippen LogP contribution in [0.5, 0.6) is 0 Å². The van der Waals surface area contributed by atoms with Gasteiger partial charge in [0.05, 0.1) is 12.2 Å². The highest BCUT2D eigenvalue weighted by Crippen LogP contribution is 2.34. The van der Waals surface area contributed by atoms with Gasteiger partial charge in [-0.15, -0.1) is 11.8 Å². The predicted molar refractivity (Wildman–Crippen MR) is 104 cm³/mol. The van der Waals surface area contributed by atoms with E-state index in [1.165, 1.54) is 30.7 Å². The number of halogens is 1. The molecule has 2 aliphatic rings. The second-order valence-corrected chi connectivity index (χ2v) is 8.54. The third-order valence-electron chi connectivity index (χ3n) is 5.01. The van der Waals surface area contributed by atoms with Crippen LogP contribution in [-0.4, -0.2) is 52.9 Å². The van der Waals surface area contributed by atoms with E-state index in [2.05, 4.69) is 10.6 Å². The van der Waals surface area contributed by atoms with E-state index >= 15 is 0 Å². The first-order valence-corrected chi connectivity index (χ1v) is 10.4. The Hall–Kier alpha value is -1.80. The molecule has 0 aromatic heterocycles. The minimum atomic E-state index is -0.815. The Morgan fingerprint density at radius 2 is 2.07 bits per heavy atom. The third kappa shape index (κ3) is 5.59. The smallest absolute Gasteiger partial charge is 0.319 e. The lowest BCUT2D eigenvalue weighted by atomic mass is 9.85. The molecule has 0 spiro atoms. The van der Waals surface area contributed by atoms with Gasteiger partial charge < -0.3 is 15.7 Å². The van der Waals surface area contributed by atoms with Crippen molar-refractivity contribution < 1.29 is 19.1 Å². The quantitative estimate of drug-likeness (QED) is 0.559. The number of carbonyl (C=O) groups excluding carboxylic acids is 1. The minimum absolute atomic E-state index is 0.0143. The summed E-state index contributed by atoms with van der Waals surface area (Å²) < 4.78 is 14.1. The van der Waals surface area contributed by atoms with Crippen LogP contribution in [0.2, 0.25) is 0 Å². The van der Waals surface area contributed by atoms with Crippen molar-refractivity contribution >= 4 is 29.4 Å². The second kappa shape index (κ2) is 8.93. The summed E-state index contributed by atoms with van der Waals surface area (Å²) in [6.45, 7) is 2.84. The molecule has 0 radical (unpaired) electrons. The van der Waals surface area contributed by atoms with Gasteiger partial charge in [-0.25, -0.2) is 9.18 Å². The number of hydrogen-bond acceptors (Lipinski definition) is 4. The summed E-state index contributed by atoms with van der Waals surface area (Å²) in [7, 11) is 0. The first kappa shape index (κ1) is 19.9. The van der Waals surface area contributed by atoms with Crippen molar-refractivity contribution in [3.05, 3.63) is 24.0 Å². The maximum Gasteiger partial charge on any atom is 0.319 e. The Morgan fingerprint density at radius 3 is 2.70 bits per heavy atom. The van der Waals surface area contributed by atoms with Gasteiger partial charge in [0.2, 0.25) is 0 Å². The lowest BCUT2D eigenvalue weighted by molar-refractivity contribution is -0.139. The molecule has 0 bridgehead atoms. The summed E-state index contributed by atoms with van der Waals surface area (Å²) in [4.78, 5) is 26.1. The van der Waals surface area contributed by atoms with Gasteiger partial charge in [0.15, 0.2) is 0 Å². The third-order valence-corrected chi connectivity index (χ3v) is 5.95. The molecule has 148 valence electrons. The fraction of sp³-hybridized carbons (Fsp3) is 0.579. The minimum Gasteiger partial charge on any atom is -0.480 e. The average Bonchev–Trinajstić information content (AvgIpc) is 3.37. The molecular weight excluding hydrogens is 369 g/mol. The Bertz CT molecular complexity index is 693. The zero-order chi connectivity index (χ0) is 19.4. The van der Waals surface area contributed by atoms with Crippen molar-refractivity contribution in [2.45, 2.75) is 49.6 Å². The van der Waals surface area contributed by atoms with Gasteiger partial charge in [-0.2, -0.15) is 0 Å². The Kier molecular flexibility index (Phi) is 6.59. The molecule has 2 saturated carbocycles. The molecule has 1 aromatic rings. The predicted octanol–water partition coefficient (Wildman–Crippen LogP) is 3.39. The van der Waals surface area contributed by atoms with Gasteiger partial charge >= 0.3 is 12.0 Å². The number of thioether (sulfide) groups is 1. The number of hydrogen-bond donors (Lipinski definition) is 3. The van der Waals surface area contributed by atoms with E-state index in [-0.39, 0.29) is 24.3 Å². The van der Waals surface area contributed by atoms with Crippen molar-refractivity contribution in [2.75, 3.05) is 24.2 Å². The van der Waals surface area contributed by atoms with E-state index in [0.717, 1.165) is 25.1 Å². The van der Waals surface area contributed by atoms with Crippen LogP contribution in [0, 0.1) is 11.7 Å². The zero-order valence-corrected chi connectivity index (χ0v) is 16.2. The maximum atomic E-state index is 14.1. The molecule has 0 aliphatic heterocycles. The number of benzene rings is 1. The first-order valence-electron chi connectivity index (χ1n) is 9.41. The van der Waals surface area contributed by atoms with Gasteiger partial charge in [0.25, 0.3) is 0 Å². The summed E-state index contributed by atoms with van der Waals surface area (Å²) in [5.41, 5.74) is 0.207. The normalized spacial score (nSPS) is 21.6. The molecule has 0 unspecified atom stereocenters. The average molecular weight is 396 g/mol. The molecule has 3 N–H and O–H groups in total. The molecule has 1 aromatic carbocycles. The standard InChI is InChI=1S/C19H26FN3O3S/c1-2-27-16-5-3-4-15(20)18(16)22-19(26)21-13-8-14(9-13)23(11-17(24)25)10-12-6-7-12/h3-5,12-14H,2,6-11H2,1H3,(H,24,25)(H2,21,22,26). The summed E-state index contributed by atoms with van der Waals surface area (Å²) in [6, 6.07) is 4.49. The Labute approximate surface area is 162 Å². The van der Waals surface area contributed by atoms with Crippen LogP contribution in [0.3, 0.4) is 0 Å². The van der Waals surface area contributed by atoms with Gasteiger partial charge in [-0.05, 0) is 49.5 Å². The number of aliphatic carboxylic acids is 1. The molecule has 8 heteroatoms. The number of nitrogens with one attached hydrogen (secondary N) is 2. The van der Waals surface area contributed by atoms with Crippen molar-refractivity contribution in [1.29, 1.82) is 0 Å². The van der Waals surface area contributed by atoms with Crippen LogP contribution < -0.4 is 10.6 Å². The SMILES string of the molecule is CCSc1cccc(F)c1NC(=O)NC1CC(N(CC(=O)O)CC2CC2)C1. The van der Waals surface area contributed by atoms with Crippen LogP contribution in [0.1, 0.15) is 32.6 Å². The van der Waals surface area contributed by atoms with Gasteiger partial charge in [0, 0.05) is 23.5 Å². The molecular formula is C19H26FN3O3S. The number of urea groups is 1. The first-order chi connectivity index (χ1) is 13.0. The topological polar surface area (TPSA) is 81.7 Å². The zero-order valence-electron chi connectivity index (χ0n) is 15.4. The van der Waals surface area contributed by atoms with Crippen LogP contribution >= 0.6 is 11.8 Å². The Morgan fingerprint density at radius 1 is 1.33 bits per heavy atom. The van der Waals surface area contributed by atoms with Crippen LogP contribution in [0.25, 0.3) is 0 Å². The van der Waals surface area contributed by atoms with Gasteiger partial charge in [0.1, 0.15) is 5.82 Å². The second-order valence-electron chi connectivity index (χ2n) is 7.23. The number of para-hydroxylation sites is 1. The van der Waals surface area contributed by atoms with Crippen molar-refractivity contribution in [1.82, 2.24) is 10.2 Å². The number of anilines is 1. The molecule has 0 heterocycles. The lowest BCUT2D eigenvalue weighted by Crippen LogP contribution is -2.55. The fourth-order valence-corrected chi connectivity index (χ4v) is 4.17. The van der Waals surface area contributed by atoms with Crippen molar-refractivity contribution in [3.63, 3.8) is 0 Å². The van der Waals surface area contributed by atoms with Gasteiger partial charge in [-0.1, -0.05) is 13.0 Å². The summed E-state index contributed by atoms with van der Waals surface area (Å²) in [5, 5.41) is 14.6. The molecule has 6 nitrogen and oxygen atoms in total. The number of carboxylic acid groups (broad SMARTS) is 1. The van der Waals surface area contributed by atoms with Gasteiger partial charge in [-0.3, -0.25) is 9.69 Å². The number of carbonyl (C=O) groups is 2. The maximum absolute atomic E-state index is 14.1. The van der Waals surface area contributed by atoms with E-state index in [1.54, 1.807) is 12.1 Å². The fourth-order valence-electron chi connectivity index (χ4n) is 3.39. The molecule has 27 heavy (non-hydrogen) atoms. The number of amides is 2. The molecule has 2 aliphatic carbocycles. The van der Waals surface area contributed by atoms with Crippen LogP contribution in [0.4, 0.5) is 14.9 Å². The van der Waals surface area contributed by atoms with E-state index < -0.39 is 17.8 Å². The number of carboxylic acids is 1. The summed E-state index contributed by atoms with van der Waals surface area (Å²) in [6.07, 6.45) is 3.80. The highest BCUT2D eigenvalue weighted by Gasteiger charge is 2.37. The molecule has 2 fully saturated rings. The van der Waals surface area contributed by atoms with E-state index in [4.69, 9.17) is 5.11 Å². The molecule has 3 rings (SSSR count). The van der Waals surface area contributed by atoms with Crippen molar-refractivity contribution in [2.24, 2.45) is 5.92 Å². The van der Waals surface area contributed by atoms with E-state index in [1.807, 2.05) is 11.8 Å². The molecule has 2 amide bonds. The summed E-state index contributed by atoms with van der Waals surface area (Å²) >= 11 is 1.47. The highest BCUT2D eigenvalue weighted by molar-refractivity contribution is 7.99. The monoisotopic (exact) mass is 395 g/mol. The van der Waals surface area contributed by atoms with E-state index in [9.17, 15) is 14.0 Å². The highest BCUT2D eigenvalue weighted by atomic mass is 32.2. The van der Waals surface area contributed by atoms with E-state index in [0.29, 0.717) is 10.8 Å².